The van der Waals surface area contributed by atoms with Crippen LogP contribution in [0.3, 0.4) is 0 Å². The minimum atomic E-state index is -0.171. The van der Waals surface area contributed by atoms with Crippen LogP contribution in [0.2, 0.25) is 0 Å². The third-order valence-electron chi connectivity index (χ3n) is 2.79. The molecule has 0 radical (unpaired) electrons. The Labute approximate surface area is 124 Å². The minimum absolute atomic E-state index is 0.171. The van der Waals surface area contributed by atoms with Gasteiger partial charge in [-0.05, 0) is 19.1 Å². The maximum atomic E-state index is 12.2. The predicted molar refractivity (Wildman–Crippen MR) is 81.5 cm³/mol. The van der Waals surface area contributed by atoms with Crippen LogP contribution in [-0.4, -0.2) is 35.2 Å². The number of carbonyl (C=O) groups excluding carboxylic acids is 1. The summed E-state index contributed by atoms with van der Waals surface area (Å²) in [7, 11) is 0. The van der Waals surface area contributed by atoms with Crippen molar-refractivity contribution in [3.05, 3.63) is 60.7 Å². The summed E-state index contributed by atoms with van der Waals surface area (Å²) in [6.45, 7) is 7.07. The Balaban J connectivity index is 1.92. The molecule has 5 nitrogen and oxygen atoms in total. The lowest BCUT2D eigenvalue weighted by molar-refractivity contribution is 0.0920. The summed E-state index contributed by atoms with van der Waals surface area (Å²) in [5.74, 6) is -0.171. The van der Waals surface area contributed by atoms with E-state index in [1.165, 1.54) is 0 Å². The van der Waals surface area contributed by atoms with Crippen LogP contribution in [-0.2, 0) is 4.74 Å². The quantitative estimate of drug-likeness (QED) is 0.626. The molecule has 1 aromatic carbocycles. The minimum Gasteiger partial charge on any atom is -0.375 e. The Morgan fingerprint density at radius 2 is 2.14 bits per heavy atom. The van der Waals surface area contributed by atoms with Crippen molar-refractivity contribution in [1.82, 2.24) is 14.9 Å². The van der Waals surface area contributed by atoms with Crippen LogP contribution < -0.4 is 5.32 Å². The van der Waals surface area contributed by atoms with E-state index in [2.05, 4.69) is 16.9 Å². The van der Waals surface area contributed by atoms with Crippen LogP contribution in [0.1, 0.15) is 17.4 Å². The summed E-state index contributed by atoms with van der Waals surface area (Å²) in [6, 6.07) is 9.62. The third-order valence-corrected chi connectivity index (χ3v) is 2.79. The molecule has 0 bridgehead atoms. The Hall–Kier alpha value is -2.40. The molecule has 1 aromatic heterocycles. The molecule has 0 atom stereocenters. The normalized spacial score (nSPS) is 10.3. The molecule has 0 aliphatic rings. The largest absolute Gasteiger partial charge is 0.375 e. The molecule has 0 aliphatic heterocycles. The van der Waals surface area contributed by atoms with Crippen molar-refractivity contribution in [3.63, 3.8) is 0 Å². The number of aromatic nitrogens is 2. The summed E-state index contributed by atoms with van der Waals surface area (Å²) in [5.41, 5.74) is 2.36. The molecule has 2 rings (SSSR count). The van der Waals surface area contributed by atoms with Crippen molar-refractivity contribution in [1.29, 1.82) is 0 Å². The predicted octanol–water partition coefficient (Wildman–Crippen LogP) is 2.19. The highest BCUT2D eigenvalue weighted by molar-refractivity contribution is 5.92. The number of para-hydroxylation sites is 1. The first kappa shape index (κ1) is 15.0. The highest BCUT2D eigenvalue weighted by Gasteiger charge is 2.12. The number of ether oxygens (including phenoxy) is 1. The van der Waals surface area contributed by atoms with E-state index >= 15 is 0 Å². The molecule has 21 heavy (non-hydrogen) atoms. The summed E-state index contributed by atoms with van der Waals surface area (Å²) in [6.07, 6.45) is 3.18. The molecule has 0 spiro atoms. The molecule has 5 heteroatoms. The average Bonchev–Trinajstić information content (AvgIpc) is 2.97. The van der Waals surface area contributed by atoms with Gasteiger partial charge >= 0.3 is 0 Å². The van der Waals surface area contributed by atoms with Gasteiger partial charge in [0, 0.05) is 12.2 Å². The van der Waals surface area contributed by atoms with Crippen LogP contribution in [0.25, 0.3) is 5.69 Å². The van der Waals surface area contributed by atoms with Crippen molar-refractivity contribution in [2.45, 2.75) is 6.92 Å². The zero-order valence-electron chi connectivity index (χ0n) is 12.1. The molecule has 1 N–H and O–H groups in total. The van der Waals surface area contributed by atoms with E-state index < -0.39 is 0 Å². The highest BCUT2D eigenvalue weighted by Crippen LogP contribution is 2.10. The fraction of sp³-hybridized carbons (Fsp3) is 0.250. The van der Waals surface area contributed by atoms with Gasteiger partial charge in [-0.2, -0.15) is 0 Å². The second-order valence-corrected chi connectivity index (χ2v) is 4.75. The lowest BCUT2D eigenvalue weighted by Gasteiger charge is -2.09. The number of imidazole rings is 1. The molecular formula is C16H19N3O2. The van der Waals surface area contributed by atoms with Gasteiger partial charge < -0.3 is 10.1 Å². The summed E-state index contributed by atoms with van der Waals surface area (Å²) in [4.78, 5) is 16.2. The Morgan fingerprint density at radius 1 is 1.38 bits per heavy atom. The molecule has 2 aromatic rings. The number of nitrogens with one attached hydrogen (secondary N) is 1. The fourth-order valence-corrected chi connectivity index (χ4v) is 1.83. The van der Waals surface area contributed by atoms with E-state index in [1.54, 1.807) is 17.1 Å². The Kier molecular flexibility index (Phi) is 5.29. The topological polar surface area (TPSA) is 56.1 Å². The van der Waals surface area contributed by atoms with E-state index in [1.807, 2.05) is 37.3 Å². The number of hydrogen-bond donors (Lipinski definition) is 1. The van der Waals surface area contributed by atoms with Crippen LogP contribution in [0.4, 0.5) is 0 Å². The van der Waals surface area contributed by atoms with Gasteiger partial charge in [0.15, 0.2) is 0 Å². The van der Waals surface area contributed by atoms with Crippen molar-refractivity contribution in [3.8, 4) is 5.69 Å². The first-order valence-electron chi connectivity index (χ1n) is 6.76. The number of rotatable bonds is 7. The number of amides is 1. The van der Waals surface area contributed by atoms with Gasteiger partial charge in [0.05, 0.1) is 25.7 Å². The maximum absolute atomic E-state index is 12.2. The SMILES string of the molecule is C=C(C)COCCNC(=O)c1cncn1-c1ccccc1. The van der Waals surface area contributed by atoms with Crippen LogP contribution in [0.15, 0.2) is 55.0 Å². The molecule has 0 saturated heterocycles. The highest BCUT2D eigenvalue weighted by atomic mass is 16.5. The second-order valence-electron chi connectivity index (χ2n) is 4.75. The zero-order chi connectivity index (χ0) is 15.1. The lowest BCUT2D eigenvalue weighted by atomic mass is 10.3. The monoisotopic (exact) mass is 285 g/mol. The maximum Gasteiger partial charge on any atom is 0.270 e. The smallest absolute Gasteiger partial charge is 0.270 e. The van der Waals surface area contributed by atoms with Crippen LogP contribution in [0, 0.1) is 0 Å². The van der Waals surface area contributed by atoms with Gasteiger partial charge in [0.25, 0.3) is 5.91 Å². The Morgan fingerprint density at radius 3 is 2.86 bits per heavy atom. The van der Waals surface area contributed by atoms with Gasteiger partial charge in [-0.3, -0.25) is 9.36 Å². The second kappa shape index (κ2) is 7.40. The average molecular weight is 285 g/mol. The number of hydrogen-bond acceptors (Lipinski definition) is 3. The van der Waals surface area contributed by atoms with E-state index in [-0.39, 0.29) is 5.91 Å². The molecule has 0 saturated carbocycles. The fourth-order valence-electron chi connectivity index (χ4n) is 1.83. The number of carbonyl (C=O) groups is 1. The molecule has 0 aliphatic carbocycles. The molecular weight excluding hydrogens is 266 g/mol. The number of benzene rings is 1. The standard InChI is InChI=1S/C16H19N3O2/c1-13(2)11-21-9-8-18-16(20)15-10-17-12-19(15)14-6-4-3-5-7-14/h3-7,10,12H,1,8-9,11H2,2H3,(H,18,20). The van der Waals surface area contributed by atoms with Crippen molar-refractivity contribution < 1.29 is 9.53 Å². The molecule has 0 fully saturated rings. The van der Waals surface area contributed by atoms with Crippen molar-refractivity contribution >= 4 is 5.91 Å². The number of nitrogens with zero attached hydrogens (tertiary/aromatic N) is 2. The van der Waals surface area contributed by atoms with E-state index in [0.29, 0.717) is 25.5 Å². The first-order valence-corrected chi connectivity index (χ1v) is 6.76. The molecule has 1 heterocycles. The van der Waals surface area contributed by atoms with Gasteiger partial charge in [-0.15, -0.1) is 0 Å². The van der Waals surface area contributed by atoms with Crippen LogP contribution >= 0.6 is 0 Å². The van der Waals surface area contributed by atoms with E-state index in [0.717, 1.165) is 11.3 Å². The summed E-state index contributed by atoms with van der Waals surface area (Å²) >= 11 is 0. The van der Waals surface area contributed by atoms with E-state index in [9.17, 15) is 4.79 Å². The summed E-state index contributed by atoms with van der Waals surface area (Å²) in [5, 5.41) is 2.81. The molecule has 1 amide bonds. The van der Waals surface area contributed by atoms with Crippen LogP contribution in [0.5, 0.6) is 0 Å². The van der Waals surface area contributed by atoms with Gasteiger partial charge in [-0.25, -0.2) is 4.98 Å². The van der Waals surface area contributed by atoms with E-state index in [4.69, 9.17) is 4.74 Å². The molecule has 0 unspecified atom stereocenters. The van der Waals surface area contributed by atoms with Gasteiger partial charge in [-0.1, -0.05) is 30.4 Å². The lowest BCUT2D eigenvalue weighted by Crippen LogP contribution is -2.29. The van der Waals surface area contributed by atoms with Gasteiger partial charge in [0.1, 0.15) is 5.69 Å². The van der Waals surface area contributed by atoms with Gasteiger partial charge in [0.2, 0.25) is 0 Å². The summed E-state index contributed by atoms with van der Waals surface area (Å²) < 4.78 is 7.10. The Bertz CT molecular complexity index is 605. The third kappa shape index (κ3) is 4.29. The van der Waals surface area contributed by atoms with Crippen molar-refractivity contribution in [2.75, 3.05) is 19.8 Å². The molecule has 110 valence electrons. The van der Waals surface area contributed by atoms with Crippen molar-refractivity contribution in [2.24, 2.45) is 0 Å². The first-order chi connectivity index (χ1) is 10.2. The zero-order valence-corrected chi connectivity index (χ0v) is 12.1.